The lowest BCUT2D eigenvalue weighted by Gasteiger charge is -2.21. The highest BCUT2D eigenvalue weighted by Crippen LogP contribution is 2.35. The number of rotatable bonds is 2. The molecule has 3 rings (SSSR count). The molecular formula is C15H17N3S. The van der Waals surface area contributed by atoms with Gasteiger partial charge in [0.25, 0.3) is 0 Å². The number of fused-ring (bicyclic) bond motifs is 1. The third-order valence-corrected chi connectivity index (χ3v) is 4.63. The molecule has 4 heteroatoms. The molecule has 1 saturated carbocycles. The molecule has 0 bridgehead atoms. The summed E-state index contributed by atoms with van der Waals surface area (Å²) < 4.78 is 2.96. The van der Waals surface area contributed by atoms with Crippen molar-refractivity contribution in [2.24, 2.45) is 5.92 Å². The van der Waals surface area contributed by atoms with Gasteiger partial charge in [-0.2, -0.15) is 5.26 Å². The minimum Gasteiger partial charge on any atom is -0.331 e. The highest BCUT2D eigenvalue weighted by molar-refractivity contribution is 7.71. The van der Waals surface area contributed by atoms with Gasteiger partial charge in [-0.3, -0.25) is 0 Å². The van der Waals surface area contributed by atoms with E-state index < -0.39 is 0 Å². The Morgan fingerprint density at radius 2 is 2.16 bits per heavy atom. The van der Waals surface area contributed by atoms with Crippen molar-refractivity contribution in [3.05, 3.63) is 28.5 Å². The third kappa shape index (κ3) is 2.08. The van der Waals surface area contributed by atoms with E-state index in [1.807, 2.05) is 18.2 Å². The van der Waals surface area contributed by atoms with Gasteiger partial charge in [-0.25, -0.2) is 0 Å². The maximum Gasteiger partial charge on any atom is 0.178 e. The van der Waals surface area contributed by atoms with Crippen LogP contribution in [0.1, 0.15) is 44.2 Å². The molecule has 1 unspecified atom stereocenters. The fraction of sp³-hybridized carbons (Fsp3) is 0.467. The summed E-state index contributed by atoms with van der Waals surface area (Å²) in [5, 5.41) is 9.05. The van der Waals surface area contributed by atoms with Gasteiger partial charge < -0.3 is 9.55 Å². The molecule has 0 radical (unpaired) electrons. The van der Waals surface area contributed by atoms with E-state index in [0.717, 1.165) is 15.8 Å². The molecule has 1 aliphatic carbocycles. The molecule has 0 spiro atoms. The number of benzene rings is 1. The molecule has 3 nitrogen and oxygen atoms in total. The molecule has 1 aliphatic rings. The number of nitriles is 1. The van der Waals surface area contributed by atoms with Gasteiger partial charge in [-0.05, 0) is 56.1 Å². The molecule has 0 saturated heterocycles. The first kappa shape index (κ1) is 12.4. The summed E-state index contributed by atoms with van der Waals surface area (Å²) in [6.45, 7) is 2.25. The molecule has 2 aromatic rings. The number of nitrogens with one attached hydrogen (secondary N) is 1. The van der Waals surface area contributed by atoms with Crippen molar-refractivity contribution >= 4 is 23.3 Å². The fourth-order valence-corrected chi connectivity index (χ4v) is 3.62. The molecule has 1 N–H and O–H groups in total. The second-order valence-electron chi connectivity index (χ2n) is 5.43. The van der Waals surface area contributed by atoms with E-state index in [4.69, 9.17) is 17.5 Å². The minimum atomic E-state index is 0.401. The van der Waals surface area contributed by atoms with Crippen LogP contribution >= 0.6 is 12.2 Å². The van der Waals surface area contributed by atoms with Crippen molar-refractivity contribution < 1.29 is 0 Å². The van der Waals surface area contributed by atoms with Crippen LogP contribution < -0.4 is 0 Å². The first-order valence-electron chi connectivity index (χ1n) is 6.85. The Morgan fingerprint density at radius 3 is 2.84 bits per heavy atom. The largest absolute Gasteiger partial charge is 0.331 e. The van der Waals surface area contributed by atoms with Crippen LogP contribution in [0.25, 0.3) is 11.0 Å². The van der Waals surface area contributed by atoms with Gasteiger partial charge in [-0.15, -0.1) is 0 Å². The number of aromatic nitrogens is 2. The molecule has 1 atom stereocenters. The van der Waals surface area contributed by atoms with Crippen molar-refractivity contribution in [1.82, 2.24) is 9.55 Å². The number of nitrogens with zero attached hydrogens (tertiary/aromatic N) is 2. The Kier molecular flexibility index (Phi) is 3.16. The van der Waals surface area contributed by atoms with E-state index in [1.54, 1.807) is 0 Å². The Morgan fingerprint density at radius 1 is 1.42 bits per heavy atom. The topological polar surface area (TPSA) is 44.5 Å². The lowest BCUT2D eigenvalue weighted by molar-refractivity contribution is 0.365. The number of aromatic amines is 1. The van der Waals surface area contributed by atoms with E-state index in [1.165, 1.54) is 25.7 Å². The molecule has 1 aromatic heterocycles. The highest BCUT2D eigenvalue weighted by Gasteiger charge is 2.24. The van der Waals surface area contributed by atoms with Crippen LogP contribution in [0.5, 0.6) is 0 Å². The van der Waals surface area contributed by atoms with Crippen LogP contribution in [0, 0.1) is 22.0 Å². The van der Waals surface area contributed by atoms with Crippen LogP contribution in [-0.4, -0.2) is 9.55 Å². The van der Waals surface area contributed by atoms with Crippen molar-refractivity contribution in [2.75, 3.05) is 0 Å². The minimum absolute atomic E-state index is 0.401. The Hall–Kier alpha value is -1.60. The predicted octanol–water partition coefficient (Wildman–Crippen LogP) is 4.32. The molecule has 98 valence electrons. The number of H-pyrrole nitrogens is 1. The summed E-state index contributed by atoms with van der Waals surface area (Å²) >= 11 is 5.47. The average molecular weight is 271 g/mol. The summed E-state index contributed by atoms with van der Waals surface area (Å²) in [5.41, 5.74) is 2.77. The second kappa shape index (κ2) is 4.82. The lowest BCUT2D eigenvalue weighted by atomic mass is 9.99. The zero-order chi connectivity index (χ0) is 13.4. The normalized spacial score (nSPS) is 17.7. The smallest absolute Gasteiger partial charge is 0.178 e. The summed E-state index contributed by atoms with van der Waals surface area (Å²) in [7, 11) is 0. The quantitative estimate of drug-likeness (QED) is 0.827. The van der Waals surface area contributed by atoms with E-state index in [2.05, 4.69) is 22.5 Å². The van der Waals surface area contributed by atoms with Crippen LogP contribution in [0.4, 0.5) is 0 Å². The van der Waals surface area contributed by atoms with Gasteiger partial charge in [0.15, 0.2) is 4.77 Å². The third-order valence-electron chi connectivity index (χ3n) is 4.34. The SMILES string of the molecule is CC(C1CCCC1)n1c(=S)[nH]c2ccc(C#N)cc21. The maximum atomic E-state index is 9.05. The van der Waals surface area contributed by atoms with E-state index in [9.17, 15) is 0 Å². The van der Waals surface area contributed by atoms with Gasteiger partial charge in [0, 0.05) is 6.04 Å². The molecule has 0 amide bonds. The molecule has 1 heterocycles. The van der Waals surface area contributed by atoms with Gasteiger partial charge in [0.2, 0.25) is 0 Å². The molecular weight excluding hydrogens is 254 g/mol. The number of hydrogen-bond acceptors (Lipinski definition) is 2. The second-order valence-corrected chi connectivity index (χ2v) is 5.82. The Labute approximate surface area is 117 Å². The Bertz CT molecular complexity index is 698. The highest BCUT2D eigenvalue weighted by atomic mass is 32.1. The summed E-state index contributed by atoms with van der Waals surface area (Å²) in [6, 6.07) is 8.32. The first-order chi connectivity index (χ1) is 9.20. The van der Waals surface area contributed by atoms with E-state index in [0.29, 0.717) is 17.5 Å². The average Bonchev–Trinajstić information content (AvgIpc) is 3.03. The predicted molar refractivity (Wildman–Crippen MR) is 78.5 cm³/mol. The first-order valence-corrected chi connectivity index (χ1v) is 7.26. The zero-order valence-corrected chi connectivity index (χ0v) is 11.8. The maximum absolute atomic E-state index is 9.05. The van der Waals surface area contributed by atoms with Crippen LogP contribution in [0.3, 0.4) is 0 Å². The zero-order valence-electron chi connectivity index (χ0n) is 11.0. The van der Waals surface area contributed by atoms with Crippen molar-refractivity contribution in [3.8, 4) is 6.07 Å². The molecule has 0 aliphatic heterocycles. The molecule has 1 aromatic carbocycles. The fourth-order valence-electron chi connectivity index (χ4n) is 3.25. The Balaban J connectivity index is 2.13. The number of imidazole rings is 1. The van der Waals surface area contributed by atoms with E-state index in [-0.39, 0.29) is 0 Å². The van der Waals surface area contributed by atoms with Crippen molar-refractivity contribution in [3.63, 3.8) is 0 Å². The number of hydrogen-bond donors (Lipinski definition) is 1. The summed E-state index contributed by atoms with van der Waals surface area (Å²) in [6.07, 6.45) is 5.23. The van der Waals surface area contributed by atoms with Gasteiger partial charge in [0.1, 0.15) is 0 Å². The van der Waals surface area contributed by atoms with Crippen molar-refractivity contribution in [1.29, 1.82) is 5.26 Å². The summed E-state index contributed by atoms with van der Waals surface area (Å²) in [4.78, 5) is 3.25. The van der Waals surface area contributed by atoms with Crippen LogP contribution in [0.15, 0.2) is 18.2 Å². The lowest BCUT2D eigenvalue weighted by Crippen LogP contribution is -2.14. The van der Waals surface area contributed by atoms with Gasteiger partial charge in [0.05, 0.1) is 22.7 Å². The van der Waals surface area contributed by atoms with Gasteiger partial charge >= 0.3 is 0 Å². The van der Waals surface area contributed by atoms with Crippen LogP contribution in [0.2, 0.25) is 0 Å². The molecule has 1 fully saturated rings. The van der Waals surface area contributed by atoms with E-state index >= 15 is 0 Å². The van der Waals surface area contributed by atoms with Crippen molar-refractivity contribution in [2.45, 2.75) is 38.6 Å². The molecule has 19 heavy (non-hydrogen) atoms. The standard InChI is InChI=1S/C15H17N3S/c1-10(12-4-2-3-5-12)18-14-8-11(9-16)6-7-13(14)17-15(18)19/h6-8,10,12H,2-5H2,1H3,(H,17,19). The monoisotopic (exact) mass is 271 g/mol. The van der Waals surface area contributed by atoms with Gasteiger partial charge in [-0.1, -0.05) is 12.8 Å². The summed E-state index contributed by atoms with van der Waals surface area (Å²) in [5.74, 6) is 0.705. The van der Waals surface area contributed by atoms with Crippen LogP contribution in [-0.2, 0) is 0 Å².